The number of nitrogens with zero attached hydrogens (tertiary/aromatic N) is 1. The first kappa shape index (κ1) is 11.6. The molecule has 0 radical (unpaired) electrons. The van der Waals surface area contributed by atoms with Gasteiger partial charge in [-0.3, -0.25) is 14.5 Å². The van der Waals surface area contributed by atoms with E-state index in [-0.39, 0.29) is 11.8 Å². The van der Waals surface area contributed by atoms with Crippen molar-refractivity contribution in [2.75, 3.05) is 13.1 Å². The molecule has 0 aromatic heterocycles. The minimum Gasteiger partial charge on any atom is -0.312 e. The van der Waals surface area contributed by atoms with Crippen LogP contribution in [0.2, 0.25) is 0 Å². The summed E-state index contributed by atoms with van der Waals surface area (Å²) in [6.45, 7) is 5.70. The molecule has 1 saturated carbocycles. The minimum absolute atomic E-state index is 0.0166. The van der Waals surface area contributed by atoms with Crippen molar-refractivity contribution in [2.24, 2.45) is 5.41 Å². The molecule has 1 aliphatic carbocycles. The molecule has 2 amide bonds. The predicted molar refractivity (Wildman–Crippen MR) is 60.8 cm³/mol. The summed E-state index contributed by atoms with van der Waals surface area (Å²) < 4.78 is 0. The van der Waals surface area contributed by atoms with Crippen molar-refractivity contribution in [2.45, 2.75) is 45.6 Å². The van der Waals surface area contributed by atoms with E-state index >= 15 is 0 Å². The fourth-order valence-electron chi connectivity index (χ4n) is 2.14. The summed E-state index contributed by atoms with van der Waals surface area (Å²) in [4.78, 5) is 24.1. The SMILES string of the molecule is CC(NCCN1C(=O)CCC1=O)C1(C)CC1. The summed E-state index contributed by atoms with van der Waals surface area (Å²) >= 11 is 0. The van der Waals surface area contributed by atoms with E-state index < -0.39 is 0 Å². The van der Waals surface area contributed by atoms with Gasteiger partial charge in [-0.1, -0.05) is 6.92 Å². The first-order chi connectivity index (χ1) is 7.53. The summed E-state index contributed by atoms with van der Waals surface area (Å²) in [5.74, 6) is -0.0332. The van der Waals surface area contributed by atoms with E-state index in [0.717, 1.165) is 0 Å². The number of hydrogen-bond donors (Lipinski definition) is 1. The zero-order chi connectivity index (χ0) is 11.8. The molecule has 1 heterocycles. The van der Waals surface area contributed by atoms with Crippen LogP contribution >= 0.6 is 0 Å². The quantitative estimate of drug-likeness (QED) is 0.706. The topological polar surface area (TPSA) is 49.4 Å². The lowest BCUT2D eigenvalue weighted by Crippen LogP contribution is -2.41. The fraction of sp³-hybridized carbons (Fsp3) is 0.833. The van der Waals surface area contributed by atoms with Gasteiger partial charge in [-0.25, -0.2) is 0 Å². The van der Waals surface area contributed by atoms with Crippen LogP contribution in [0.25, 0.3) is 0 Å². The number of nitrogens with one attached hydrogen (secondary N) is 1. The van der Waals surface area contributed by atoms with E-state index in [1.54, 1.807) is 0 Å². The molecular formula is C12H20N2O2. The highest BCUT2D eigenvalue weighted by Crippen LogP contribution is 2.47. The van der Waals surface area contributed by atoms with Crippen molar-refractivity contribution in [3.05, 3.63) is 0 Å². The lowest BCUT2D eigenvalue weighted by molar-refractivity contribution is -0.138. The lowest BCUT2D eigenvalue weighted by atomic mass is 10.0. The molecule has 2 aliphatic rings. The summed E-state index contributed by atoms with van der Waals surface area (Å²) in [6, 6.07) is 0.473. The molecule has 4 heteroatoms. The van der Waals surface area contributed by atoms with Crippen molar-refractivity contribution >= 4 is 11.8 Å². The van der Waals surface area contributed by atoms with Crippen LogP contribution in [-0.2, 0) is 9.59 Å². The molecule has 0 bridgehead atoms. The number of carbonyl (C=O) groups is 2. The standard InChI is InChI=1S/C12H20N2O2/c1-9(12(2)5-6-12)13-7-8-14-10(15)3-4-11(14)16/h9,13H,3-8H2,1-2H3. The highest BCUT2D eigenvalue weighted by molar-refractivity contribution is 6.01. The van der Waals surface area contributed by atoms with Gasteiger partial charge in [0, 0.05) is 32.0 Å². The Hall–Kier alpha value is -0.900. The Morgan fingerprint density at radius 1 is 1.31 bits per heavy atom. The van der Waals surface area contributed by atoms with E-state index in [1.807, 2.05) is 0 Å². The van der Waals surface area contributed by atoms with Crippen LogP contribution in [0, 0.1) is 5.41 Å². The average molecular weight is 224 g/mol. The average Bonchev–Trinajstić information content (AvgIpc) is 2.92. The van der Waals surface area contributed by atoms with Crippen LogP contribution in [0.4, 0.5) is 0 Å². The molecule has 1 aliphatic heterocycles. The monoisotopic (exact) mass is 224 g/mol. The second-order valence-electron chi connectivity index (χ2n) is 5.27. The molecule has 1 atom stereocenters. The van der Waals surface area contributed by atoms with E-state index in [9.17, 15) is 9.59 Å². The van der Waals surface area contributed by atoms with E-state index in [4.69, 9.17) is 0 Å². The van der Waals surface area contributed by atoms with Crippen LogP contribution in [-0.4, -0.2) is 35.8 Å². The molecule has 2 rings (SSSR count). The van der Waals surface area contributed by atoms with Gasteiger partial charge < -0.3 is 5.32 Å². The highest BCUT2D eigenvalue weighted by atomic mass is 16.2. The largest absolute Gasteiger partial charge is 0.312 e. The molecule has 1 unspecified atom stereocenters. The van der Waals surface area contributed by atoms with Crippen molar-refractivity contribution < 1.29 is 9.59 Å². The number of imide groups is 1. The Morgan fingerprint density at radius 2 is 1.88 bits per heavy atom. The van der Waals surface area contributed by atoms with Gasteiger partial charge in [0.15, 0.2) is 0 Å². The van der Waals surface area contributed by atoms with Gasteiger partial charge in [-0.2, -0.15) is 0 Å². The van der Waals surface area contributed by atoms with E-state index in [0.29, 0.717) is 37.4 Å². The molecule has 1 N–H and O–H groups in total. The lowest BCUT2D eigenvalue weighted by Gasteiger charge is -2.22. The van der Waals surface area contributed by atoms with Crippen LogP contribution < -0.4 is 5.32 Å². The van der Waals surface area contributed by atoms with Crippen LogP contribution in [0.3, 0.4) is 0 Å². The van der Waals surface area contributed by atoms with Gasteiger partial charge in [0.1, 0.15) is 0 Å². The highest BCUT2D eigenvalue weighted by Gasteiger charge is 2.42. The third-order valence-electron chi connectivity index (χ3n) is 4.02. The molecule has 16 heavy (non-hydrogen) atoms. The third kappa shape index (κ3) is 2.26. The van der Waals surface area contributed by atoms with Crippen molar-refractivity contribution in [1.82, 2.24) is 10.2 Å². The van der Waals surface area contributed by atoms with E-state index in [2.05, 4.69) is 19.2 Å². The number of hydrogen-bond acceptors (Lipinski definition) is 3. The van der Waals surface area contributed by atoms with Gasteiger partial charge in [0.2, 0.25) is 11.8 Å². The van der Waals surface area contributed by atoms with Crippen LogP contribution in [0.1, 0.15) is 39.5 Å². The van der Waals surface area contributed by atoms with Gasteiger partial charge >= 0.3 is 0 Å². The maximum absolute atomic E-state index is 11.3. The first-order valence-corrected chi connectivity index (χ1v) is 6.09. The second-order valence-corrected chi connectivity index (χ2v) is 5.27. The molecule has 4 nitrogen and oxygen atoms in total. The first-order valence-electron chi connectivity index (χ1n) is 6.09. The van der Waals surface area contributed by atoms with Crippen LogP contribution in [0.5, 0.6) is 0 Å². The maximum atomic E-state index is 11.3. The minimum atomic E-state index is -0.0166. The number of carbonyl (C=O) groups excluding carboxylic acids is 2. The number of amides is 2. The Morgan fingerprint density at radius 3 is 2.38 bits per heavy atom. The second kappa shape index (κ2) is 4.17. The third-order valence-corrected chi connectivity index (χ3v) is 4.02. The van der Waals surface area contributed by atoms with Crippen molar-refractivity contribution in [3.8, 4) is 0 Å². The normalized spacial score (nSPS) is 25.0. The van der Waals surface area contributed by atoms with Gasteiger partial charge in [0.05, 0.1) is 0 Å². The summed E-state index contributed by atoms with van der Waals surface area (Å²) in [7, 11) is 0. The smallest absolute Gasteiger partial charge is 0.229 e. The number of likely N-dealkylation sites (tertiary alicyclic amines) is 1. The molecule has 1 saturated heterocycles. The summed E-state index contributed by atoms with van der Waals surface area (Å²) in [5.41, 5.74) is 0.443. The molecule has 2 fully saturated rings. The summed E-state index contributed by atoms with van der Waals surface area (Å²) in [5, 5.41) is 3.41. The zero-order valence-electron chi connectivity index (χ0n) is 10.1. The fourth-order valence-corrected chi connectivity index (χ4v) is 2.14. The molecule has 90 valence electrons. The molecule has 0 aromatic rings. The van der Waals surface area contributed by atoms with E-state index in [1.165, 1.54) is 17.7 Å². The molecule has 0 spiro atoms. The zero-order valence-corrected chi connectivity index (χ0v) is 10.1. The Kier molecular flexibility index (Phi) is 3.02. The van der Waals surface area contributed by atoms with Crippen molar-refractivity contribution in [3.63, 3.8) is 0 Å². The molecule has 0 aromatic carbocycles. The van der Waals surface area contributed by atoms with Gasteiger partial charge in [0.25, 0.3) is 0 Å². The Bertz CT molecular complexity index is 294. The number of rotatable bonds is 5. The van der Waals surface area contributed by atoms with Crippen molar-refractivity contribution in [1.29, 1.82) is 0 Å². The predicted octanol–water partition coefficient (Wildman–Crippen LogP) is 0.914. The molecular weight excluding hydrogens is 204 g/mol. The van der Waals surface area contributed by atoms with Gasteiger partial charge in [-0.15, -0.1) is 0 Å². The Labute approximate surface area is 96.4 Å². The Balaban J connectivity index is 1.71. The maximum Gasteiger partial charge on any atom is 0.229 e. The van der Waals surface area contributed by atoms with Gasteiger partial charge in [-0.05, 0) is 25.2 Å². The van der Waals surface area contributed by atoms with Crippen LogP contribution in [0.15, 0.2) is 0 Å². The summed E-state index contributed by atoms with van der Waals surface area (Å²) in [6.07, 6.45) is 3.35.